The van der Waals surface area contributed by atoms with E-state index in [0.29, 0.717) is 0 Å². The Labute approximate surface area is 107 Å². The molecule has 0 bridgehead atoms. The van der Waals surface area contributed by atoms with Crippen molar-refractivity contribution in [2.24, 2.45) is 0 Å². The molecule has 0 fully saturated rings. The zero-order valence-electron chi connectivity index (χ0n) is 10.5. The van der Waals surface area contributed by atoms with Crippen LogP contribution in [0, 0.1) is 4.64 Å². The van der Waals surface area contributed by atoms with Crippen LogP contribution in [0.15, 0.2) is 36.4 Å². The lowest BCUT2D eigenvalue weighted by Gasteiger charge is -2.15. The maximum absolute atomic E-state index is 5.37. The molecule has 0 aliphatic rings. The smallest absolute Gasteiger partial charge is 0.122 e. The monoisotopic (exact) mass is 246 g/mol. The first-order valence-corrected chi connectivity index (χ1v) is 6.22. The summed E-state index contributed by atoms with van der Waals surface area (Å²) in [6.45, 7) is 7.34. The van der Waals surface area contributed by atoms with Gasteiger partial charge in [-0.3, -0.25) is 4.68 Å². The minimum atomic E-state index is 0.107. The summed E-state index contributed by atoms with van der Waals surface area (Å²) in [7, 11) is 0. The van der Waals surface area contributed by atoms with Crippen molar-refractivity contribution in [1.82, 2.24) is 9.78 Å². The van der Waals surface area contributed by atoms with Crippen LogP contribution in [0.25, 0.3) is 0 Å². The fourth-order valence-electron chi connectivity index (χ4n) is 1.70. The van der Waals surface area contributed by atoms with Gasteiger partial charge >= 0.3 is 0 Å². The molecule has 1 N–H and O–H groups in total. The second kappa shape index (κ2) is 4.49. The van der Waals surface area contributed by atoms with E-state index in [1.807, 2.05) is 22.9 Å². The van der Waals surface area contributed by atoms with Crippen molar-refractivity contribution < 1.29 is 0 Å². The molecule has 0 unspecified atom stereocenters. The Morgan fingerprint density at radius 1 is 1.18 bits per heavy atom. The Balaban J connectivity index is 2.29. The van der Waals surface area contributed by atoms with Crippen LogP contribution in [0.3, 0.4) is 0 Å². The molecular weight excluding hydrogens is 228 g/mol. The molecule has 0 saturated heterocycles. The van der Waals surface area contributed by atoms with E-state index in [-0.39, 0.29) is 5.41 Å². The molecule has 1 aromatic heterocycles. The van der Waals surface area contributed by atoms with Crippen molar-refractivity contribution in [2.45, 2.75) is 32.7 Å². The number of benzene rings is 1. The molecule has 90 valence electrons. The van der Waals surface area contributed by atoms with Gasteiger partial charge in [-0.2, -0.15) is 0 Å². The molecule has 1 aromatic carbocycles. The van der Waals surface area contributed by atoms with Crippen molar-refractivity contribution >= 4 is 12.2 Å². The quantitative estimate of drug-likeness (QED) is 0.797. The summed E-state index contributed by atoms with van der Waals surface area (Å²) in [6.07, 6.45) is 0. The van der Waals surface area contributed by atoms with Gasteiger partial charge in [-0.15, -0.1) is 0 Å². The lowest BCUT2D eigenvalue weighted by atomic mass is 9.93. The van der Waals surface area contributed by atoms with Gasteiger partial charge in [0, 0.05) is 11.1 Å². The van der Waals surface area contributed by atoms with Crippen molar-refractivity contribution in [3.8, 4) is 0 Å². The third-order valence-electron chi connectivity index (χ3n) is 2.78. The van der Waals surface area contributed by atoms with Gasteiger partial charge in [-0.25, -0.2) is 0 Å². The minimum absolute atomic E-state index is 0.107. The summed E-state index contributed by atoms with van der Waals surface area (Å²) in [5, 5.41) is 3.38. The summed E-state index contributed by atoms with van der Waals surface area (Å²) >= 11 is 5.37. The first kappa shape index (κ1) is 12.1. The van der Waals surface area contributed by atoms with Crippen LogP contribution >= 0.6 is 12.2 Å². The number of nitrogens with one attached hydrogen (secondary N) is 1. The third kappa shape index (κ3) is 2.86. The molecule has 3 heteroatoms. The predicted molar refractivity (Wildman–Crippen MR) is 73.9 cm³/mol. The van der Waals surface area contributed by atoms with Crippen LogP contribution in [0.2, 0.25) is 0 Å². The van der Waals surface area contributed by atoms with E-state index in [9.17, 15) is 0 Å². The lowest BCUT2D eigenvalue weighted by Crippen LogP contribution is -2.13. The van der Waals surface area contributed by atoms with Crippen molar-refractivity contribution in [3.63, 3.8) is 0 Å². The number of aromatic amines is 1. The number of H-pyrrole nitrogens is 1. The van der Waals surface area contributed by atoms with Gasteiger partial charge in [0.15, 0.2) is 0 Å². The number of hydrogen-bond donors (Lipinski definition) is 1. The molecule has 2 rings (SSSR count). The van der Waals surface area contributed by atoms with E-state index in [4.69, 9.17) is 12.2 Å². The Bertz CT molecular complexity index is 544. The summed E-state index contributed by atoms with van der Waals surface area (Å²) in [4.78, 5) is 0. The van der Waals surface area contributed by atoms with Gasteiger partial charge in [0.05, 0.1) is 6.54 Å². The van der Waals surface area contributed by atoms with Crippen molar-refractivity contribution in [1.29, 1.82) is 0 Å². The minimum Gasteiger partial charge on any atom is -0.301 e. The molecule has 2 aromatic rings. The van der Waals surface area contributed by atoms with Crippen molar-refractivity contribution in [2.75, 3.05) is 0 Å². The van der Waals surface area contributed by atoms with Gasteiger partial charge < -0.3 is 5.10 Å². The molecule has 0 aliphatic heterocycles. The molecule has 0 saturated carbocycles. The maximum Gasteiger partial charge on any atom is 0.122 e. The molecule has 0 amide bonds. The van der Waals surface area contributed by atoms with Gasteiger partial charge in [-0.1, -0.05) is 63.3 Å². The first-order chi connectivity index (χ1) is 7.97. The molecule has 0 atom stereocenters. The molecule has 0 spiro atoms. The summed E-state index contributed by atoms with van der Waals surface area (Å²) < 4.78 is 2.88. The molecular formula is C14H18N2S. The highest BCUT2D eigenvalue weighted by Crippen LogP contribution is 2.20. The number of hydrogen-bond acceptors (Lipinski definition) is 1. The molecule has 2 nitrogen and oxygen atoms in total. The van der Waals surface area contributed by atoms with Crippen LogP contribution in [0.1, 0.15) is 32.0 Å². The topological polar surface area (TPSA) is 20.7 Å². The van der Waals surface area contributed by atoms with Crippen molar-refractivity contribution in [3.05, 3.63) is 52.3 Å². The van der Waals surface area contributed by atoms with E-state index in [2.05, 4.69) is 44.1 Å². The van der Waals surface area contributed by atoms with E-state index >= 15 is 0 Å². The standard InChI is InChI=1S/C14H18N2S/c1-14(2,3)12-9-13(17)16(15-12)10-11-7-5-4-6-8-11/h4-9,15H,10H2,1-3H3. The van der Waals surface area contributed by atoms with E-state index in [1.54, 1.807) is 0 Å². The SMILES string of the molecule is CC(C)(C)c1cc(=S)n(Cc2ccccc2)[nH]1. The Kier molecular flexibility index (Phi) is 3.20. The van der Waals surface area contributed by atoms with Crippen LogP contribution in [0.5, 0.6) is 0 Å². The van der Waals surface area contributed by atoms with Gasteiger partial charge in [0.2, 0.25) is 0 Å². The molecule has 0 radical (unpaired) electrons. The fourth-order valence-corrected chi connectivity index (χ4v) is 1.93. The van der Waals surface area contributed by atoms with Gasteiger partial charge in [-0.05, 0) is 11.6 Å². The fraction of sp³-hybridized carbons (Fsp3) is 0.357. The van der Waals surface area contributed by atoms with Gasteiger partial charge in [0.1, 0.15) is 4.64 Å². The maximum atomic E-state index is 5.37. The second-order valence-corrected chi connectivity index (χ2v) is 5.75. The Morgan fingerprint density at radius 3 is 2.35 bits per heavy atom. The highest BCUT2D eigenvalue weighted by atomic mass is 32.1. The Morgan fingerprint density at radius 2 is 1.82 bits per heavy atom. The largest absolute Gasteiger partial charge is 0.301 e. The number of nitrogens with zero attached hydrogens (tertiary/aromatic N) is 1. The lowest BCUT2D eigenvalue weighted by molar-refractivity contribution is 0.544. The van der Waals surface area contributed by atoms with Crippen LogP contribution in [-0.2, 0) is 12.0 Å². The molecule has 17 heavy (non-hydrogen) atoms. The zero-order valence-corrected chi connectivity index (χ0v) is 11.3. The van der Waals surface area contributed by atoms with Crippen LogP contribution in [0.4, 0.5) is 0 Å². The van der Waals surface area contributed by atoms with E-state index in [1.165, 1.54) is 11.3 Å². The van der Waals surface area contributed by atoms with E-state index < -0.39 is 0 Å². The Hall–Kier alpha value is -1.35. The first-order valence-electron chi connectivity index (χ1n) is 5.81. The zero-order chi connectivity index (χ0) is 12.5. The highest BCUT2D eigenvalue weighted by Gasteiger charge is 2.16. The van der Waals surface area contributed by atoms with E-state index in [0.717, 1.165) is 11.2 Å². The summed E-state index contributed by atoms with van der Waals surface area (Å²) in [6, 6.07) is 12.4. The summed E-state index contributed by atoms with van der Waals surface area (Å²) in [5.74, 6) is 0. The molecule has 1 heterocycles. The predicted octanol–water partition coefficient (Wildman–Crippen LogP) is 3.89. The summed E-state index contributed by atoms with van der Waals surface area (Å²) in [5.41, 5.74) is 2.54. The highest BCUT2D eigenvalue weighted by molar-refractivity contribution is 7.71. The molecule has 0 aliphatic carbocycles. The average Bonchev–Trinajstić information content (AvgIpc) is 2.62. The average molecular weight is 246 g/mol. The van der Waals surface area contributed by atoms with Crippen LogP contribution in [-0.4, -0.2) is 9.78 Å². The van der Waals surface area contributed by atoms with Crippen LogP contribution < -0.4 is 0 Å². The normalized spacial score (nSPS) is 11.7. The number of aromatic nitrogens is 2. The number of rotatable bonds is 2. The van der Waals surface area contributed by atoms with Gasteiger partial charge in [0.25, 0.3) is 0 Å². The third-order valence-corrected chi connectivity index (χ3v) is 3.12. The second-order valence-electron chi connectivity index (χ2n) is 5.33.